The minimum absolute atomic E-state index is 0.190. The van der Waals surface area contributed by atoms with Crippen LogP contribution >= 0.6 is 0 Å². The Hall–Kier alpha value is -1.26. The maximum atomic E-state index is 9.72. The first-order valence-corrected chi connectivity index (χ1v) is 6.68. The van der Waals surface area contributed by atoms with Gasteiger partial charge in [0, 0.05) is 19.1 Å². The second kappa shape index (κ2) is 7.36. The highest BCUT2D eigenvalue weighted by atomic mass is 16.5. The highest BCUT2D eigenvalue weighted by molar-refractivity contribution is 5.41. The lowest BCUT2D eigenvalue weighted by molar-refractivity contribution is 0.224. The summed E-state index contributed by atoms with van der Waals surface area (Å²) in [6.45, 7) is 6.13. The normalized spacial score (nSPS) is 13.0. The predicted molar refractivity (Wildman–Crippen MR) is 78.7 cm³/mol. The number of ether oxygens (including phenoxy) is 1. The van der Waals surface area contributed by atoms with Crippen LogP contribution in [0.25, 0.3) is 0 Å². The first-order chi connectivity index (χ1) is 8.95. The van der Waals surface area contributed by atoms with E-state index >= 15 is 0 Å². The Kier molecular flexibility index (Phi) is 6.12. The molecule has 4 heteroatoms. The molecular formula is C15H26N2O2. The van der Waals surface area contributed by atoms with Gasteiger partial charge in [-0.3, -0.25) is 0 Å². The van der Waals surface area contributed by atoms with Gasteiger partial charge in [-0.05, 0) is 37.7 Å². The van der Waals surface area contributed by atoms with Crippen LogP contribution in [0.5, 0.6) is 11.5 Å². The van der Waals surface area contributed by atoms with Gasteiger partial charge in [0.25, 0.3) is 0 Å². The van der Waals surface area contributed by atoms with Gasteiger partial charge < -0.3 is 20.1 Å². The van der Waals surface area contributed by atoms with Gasteiger partial charge >= 0.3 is 0 Å². The monoisotopic (exact) mass is 266 g/mol. The Morgan fingerprint density at radius 2 is 2.00 bits per heavy atom. The van der Waals surface area contributed by atoms with Gasteiger partial charge in [-0.15, -0.1) is 0 Å². The van der Waals surface area contributed by atoms with Gasteiger partial charge in [-0.25, -0.2) is 0 Å². The first kappa shape index (κ1) is 15.8. The van der Waals surface area contributed by atoms with Gasteiger partial charge in [0.2, 0.25) is 0 Å². The summed E-state index contributed by atoms with van der Waals surface area (Å²) < 4.78 is 5.03. The Morgan fingerprint density at radius 1 is 1.32 bits per heavy atom. The number of nitrogens with one attached hydrogen (secondary N) is 1. The predicted octanol–water partition coefficient (Wildman–Crippen LogP) is 2.08. The van der Waals surface area contributed by atoms with Crippen molar-refractivity contribution in [1.29, 1.82) is 0 Å². The van der Waals surface area contributed by atoms with Crippen LogP contribution in [0.2, 0.25) is 0 Å². The van der Waals surface area contributed by atoms with Gasteiger partial charge in [0.05, 0.1) is 7.11 Å². The van der Waals surface area contributed by atoms with Crippen LogP contribution in [0.1, 0.15) is 19.4 Å². The van der Waals surface area contributed by atoms with Crippen molar-refractivity contribution in [2.75, 3.05) is 27.7 Å². The van der Waals surface area contributed by atoms with Gasteiger partial charge in [0.15, 0.2) is 11.5 Å². The fourth-order valence-electron chi connectivity index (χ4n) is 2.22. The molecule has 0 bridgehead atoms. The van der Waals surface area contributed by atoms with Crippen molar-refractivity contribution in [2.24, 2.45) is 5.92 Å². The number of likely N-dealkylation sites (N-methyl/N-ethyl adjacent to an activating group) is 1. The Morgan fingerprint density at radius 3 is 2.47 bits per heavy atom. The van der Waals surface area contributed by atoms with Crippen molar-refractivity contribution in [3.05, 3.63) is 23.8 Å². The largest absolute Gasteiger partial charge is 0.504 e. The summed E-state index contributed by atoms with van der Waals surface area (Å²) in [5.74, 6) is 1.30. The second-order valence-electron chi connectivity index (χ2n) is 5.41. The van der Waals surface area contributed by atoms with Crippen LogP contribution in [0, 0.1) is 5.92 Å². The molecule has 0 radical (unpaired) electrons. The van der Waals surface area contributed by atoms with E-state index in [1.807, 2.05) is 6.07 Å². The lowest BCUT2D eigenvalue weighted by Gasteiger charge is -2.28. The summed E-state index contributed by atoms with van der Waals surface area (Å²) in [5, 5.41) is 13.2. The molecule has 1 aromatic rings. The van der Waals surface area contributed by atoms with Crippen LogP contribution < -0.4 is 10.1 Å². The summed E-state index contributed by atoms with van der Waals surface area (Å²) in [6, 6.07) is 6.00. The smallest absolute Gasteiger partial charge is 0.160 e. The van der Waals surface area contributed by atoms with Crippen LogP contribution in [0.3, 0.4) is 0 Å². The van der Waals surface area contributed by atoms with E-state index in [9.17, 15) is 5.11 Å². The molecule has 0 fully saturated rings. The third kappa shape index (κ3) is 4.73. The number of rotatable bonds is 7. The molecule has 1 unspecified atom stereocenters. The zero-order valence-corrected chi connectivity index (χ0v) is 12.6. The summed E-state index contributed by atoms with van der Waals surface area (Å²) in [5.41, 5.74) is 1.06. The van der Waals surface area contributed by atoms with Crippen molar-refractivity contribution in [3.8, 4) is 11.5 Å². The standard InChI is InChI=1S/C15H26N2O2/c1-11(2)13(17(3)4)10-16-9-12-6-7-15(19-5)14(18)8-12/h6-8,11,13,16,18H,9-10H2,1-5H3. The molecule has 0 aliphatic rings. The number of methoxy groups -OCH3 is 1. The maximum Gasteiger partial charge on any atom is 0.160 e. The molecule has 0 heterocycles. The summed E-state index contributed by atoms with van der Waals surface area (Å²) >= 11 is 0. The van der Waals surface area contributed by atoms with E-state index in [2.05, 4.69) is 38.2 Å². The fraction of sp³-hybridized carbons (Fsp3) is 0.600. The molecule has 2 N–H and O–H groups in total. The number of nitrogens with zero attached hydrogens (tertiary/aromatic N) is 1. The van der Waals surface area contributed by atoms with Crippen molar-refractivity contribution >= 4 is 0 Å². The van der Waals surface area contributed by atoms with Crippen molar-refractivity contribution < 1.29 is 9.84 Å². The molecule has 0 saturated carbocycles. The quantitative estimate of drug-likeness (QED) is 0.793. The molecule has 0 spiro atoms. The molecular weight excluding hydrogens is 240 g/mol. The minimum Gasteiger partial charge on any atom is -0.504 e. The minimum atomic E-state index is 0.190. The average Bonchev–Trinajstić information content (AvgIpc) is 2.33. The number of hydrogen-bond acceptors (Lipinski definition) is 4. The zero-order chi connectivity index (χ0) is 14.4. The van der Waals surface area contributed by atoms with Gasteiger partial charge in [-0.2, -0.15) is 0 Å². The number of phenols is 1. The van der Waals surface area contributed by atoms with Crippen LogP contribution in [-0.4, -0.2) is 43.8 Å². The van der Waals surface area contributed by atoms with E-state index in [0.717, 1.165) is 18.7 Å². The number of phenolic OH excluding ortho intramolecular Hbond substituents is 1. The molecule has 1 atom stereocenters. The molecule has 4 nitrogen and oxygen atoms in total. The second-order valence-corrected chi connectivity index (χ2v) is 5.41. The Balaban J connectivity index is 2.51. The summed E-state index contributed by atoms with van der Waals surface area (Å²) in [6.07, 6.45) is 0. The highest BCUT2D eigenvalue weighted by Gasteiger charge is 2.14. The van der Waals surface area contributed by atoms with Crippen molar-refractivity contribution in [3.63, 3.8) is 0 Å². The molecule has 108 valence electrons. The summed E-state index contributed by atoms with van der Waals surface area (Å²) in [7, 11) is 5.76. The molecule has 0 saturated heterocycles. The lowest BCUT2D eigenvalue weighted by atomic mass is 10.0. The molecule has 1 rings (SSSR count). The SMILES string of the molecule is COc1ccc(CNCC(C(C)C)N(C)C)cc1O. The average molecular weight is 266 g/mol. The van der Waals surface area contributed by atoms with Crippen LogP contribution in [0.4, 0.5) is 0 Å². The lowest BCUT2D eigenvalue weighted by Crippen LogP contribution is -2.41. The first-order valence-electron chi connectivity index (χ1n) is 6.68. The topological polar surface area (TPSA) is 44.7 Å². The summed E-state index contributed by atoms with van der Waals surface area (Å²) in [4.78, 5) is 2.24. The number of aromatic hydroxyl groups is 1. The van der Waals surface area contributed by atoms with Gasteiger partial charge in [0.1, 0.15) is 0 Å². The van der Waals surface area contributed by atoms with E-state index in [1.165, 1.54) is 0 Å². The Labute approximate surface area is 116 Å². The molecule has 0 aliphatic heterocycles. The van der Waals surface area contributed by atoms with E-state index in [0.29, 0.717) is 17.7 Å². The van der Waals surface area contributed by atoms with E-state index in [4.69, 9.17) is 4.74 Å². The molecule has 1 aromatic carbocycles. The number of benzene rings is 1. The molecule has 19 heavy (non-hydrogen) atoms. The zero-order valence-electron chi connectivity index (χ0n) is 12.6. The van der Waals surface area contributed by atoms with Crippen LogP contribution in [-0.2, 0) is 6.54 Å². The molecule has 0 aromatic heterocycles. The van der Waals surface area contributed by atoms with Crippen molar-refractivity contribution in [1.82, 2.24) is 10.2 Å². The van der Waals surface area contributed by atoms with E-state index < -0.39 is 0 Å². The van der Waals surface area contributed by atoms with Crippen LogP contribution in [0.15, 0.2) is 18.2 Å². The molecule has 0 amide bonds. The maximum absolute atomic E-state index is 9.72. The molecule has 0 aliphatic carbocycles. The highest BCUT2D eigenvalue weighted by Crippen LogP contribution is 2.26. The fourth-order valence-corrected chi connectivity index (χ4v) is 2.22. The third-order valence-corrected chi connectivity index (χ3v) is 3.36. The Bertz CT molecular complexity index is 384. The number of hydrogen-bond donors (Lipinski definition) is 2. The van der Waals surface area contributed by atoms with E-state index in [1.54, 1.807) is 19.2 Å². The van der Waals surface area contributed by atoms with Crippen molar-refractivity contribution in [2.45, 2.75) is 26.4 Å². The third-order valence-electron chi connectivity index (χ3n) is 3.36. The van der Waals surface area contributed by atoms with E-state index in [-0.39, 0.29) is 5.75 Å². The van der Waals surface area contributed by atoms with Gasteiger partial charge in [-0.1, -0.05) is 19.9 Å².